The highest BCUT2D eigenvalue weighted by Crippen LogP contribution is 2.31. The minimum Gasteiger partial charge on any atom is -0.481 e. The second kappa shape index (κ2) is 7.10. The van der Waals surface area contributed by atoms with Crippen molar-refractivity contribution in [1.29, 1.82) is 0 Å². The van der Waals surface area contributed by atoms with Crippen LogP contribution in [-0.2, 0) is 4.79 Å². The van der Waals surface area contributed by atoms with Crippen LogP contribution in [0.5, 0.6) is 0 Å². The van der Waals surface area contributed by atoms with Gasteiger partial charge in [-0.15, -0.1) is 0 Å². The summed E-state index contributed by atoms with van der Waals surface area (Å²) in [5.74, 6) is -0.767. The second-order valence-corrected chi connectivity index (χ2v) is 4.51. The van der Waals surface area contributed by atoms with Crippen molar-refractivity contribution in [3.8, 4) is 0 Å². The number of benzene rings is 1. The quantitative estimate of drug-likeness (QED) is 0.772. The van der Waals surface area contributed by atoms with E-state index in [2.05, 4.69) is 13.8 Å². The van der Waals surface area contributed by atoms with Gasteiger partial charge in [0.2, 0.25) is 0 Å². The van der Waals surface area contributed by atoms with E-state index in [4.69, 9.17) is 0 Å². The number of unbranched alkanes of at least 4 members (excludes halogenated alkanes) is 1. The Morgan fingerprint density at radius 2 is 1.88 bits per heavy atom. The Labute approximate surface area is 104 Å². The van der Waals surface area contributed by atoms with E-state index >= 15 is 0 Å². The molecule has 0 heterocycles. The van der Waals surface area contributed by atoms with Crippen molar-refractivity contribution in [2.75, 3.05) is 0 Å². The second-order valence-electron chi connectivity index (χ2n) is 4.51. The maximum absolute atomic E-state index is 11.4. The molecule has 1 N–H and O–H groups in total. The molecule has 0 aromatic heterocycles. The number of aliphatic carboxylic acids is 1. The van der Waals surface area contributed by atoms with E-state index in [0.29, 0.717) is 0 Å². The molecule has 0 saturated heterocycles. The average molecular weight is 234 g/mol. The monoisotopic (exact) mass is 234 g/mol. The molecular weight excluding hydrogens is 212 g/mol. The van der Waals surface area contributed by atoms with E-state index in [0.717, 1.165) is 31.2 Å². The first-order valence-corrected chi connectivity index (χ1v) is 6.48. The molecule has 0 aliphatic rings. The standard InChI is InChI=1S/C15H22O2/c1-3-5-11-14(15(16)17)13(4-2)12-9-7-6-8-10-12/h6-10,13-14H,3-5,11H2,1-2H3,(H,16,17). The van der Waals surface area contributed by atoms with Gasteiger partial charge in [-0.2, -0.15) is 0 Å². The zero-order chi connectivity index (χ0) is 12.7. The third-order valence-corrected chi connectivity index (χ3v) is 3.34. The molecule has 0 saturated carbocycles. The highest BCUT2D eigenvalue weighted by Gasteiger charge is 2.27. The Balaban J connectivity index is 2.85. The van der Waals surface area contributed by atoms with Gasteiger partial charge in [-0.05, 0) is 24.3 Å². The highest BCUT2D eigenvalue weighted by molar-refractivity contribution is 5.71. The molecule has 0 aliphatic heterocycles. The van der Waals surface area contributed by atoms with Crippen LogP contribution in [0.1, 0.15) is 51.0 Å². The van der Waals surface area contributed by atoms with Gasteiger partial charge in [0.25, 0.3) is 0 Å². The van der Waals surface area contributed by atoms with Crippen LogP contribution in [0.2, 0.25) is 0 Å². The van der Waals surface area contributed by atoms with Crippen LogP contribution in [0.25, 0.3) is 0 Å². The summed E-state index contributed by atoms with van der Waals surface area (Å²) in [6.07, 6.45) is 3.69. The molecule has 2 unspecified atom stereocenters. The van der Waals surface area contributed by atoms with Gasteiger partial charge in [-0.3, -0.25) is 4.79 Å². The van der Waals surface area contributed by atoms with Crippen LogP contribution in [0, 0.1) is 5.92 Å². The summed E-state index contributed by atoms with van der Waals surface area (Å²) in [6, 6.07) is 10.0. The summed E-state index contributed by atoms with van der Waals surface area (Å²) in [7, 11) is 0. The number of hydrogen-bond donors (Lipinski definition) is 1. The minimum absolute atomic E-state index is 0.139. The van der Waals surface area contributed by atoms with Crippen LogP contribution in [-0.4, -0.2) is 11.1 Å². The molecule has 2 atom stereocenters. The fraction of sp³-hybridized carbons (Fsp3) is 0.533. The summed E-state index contributed by atoms with van der Waals surface area (Å²) in [6.45, 7) is 4.17. The van der Waals surface area contributed by atoms with Gasteiger partial charge in [0.15, 0.2) is 0 Å². The normalized spacial score (nSPS) is 14.2. The van der Waals surface area contributed by atoms with Crippen molar-refractivity contribution in [1.82, 2.24) is 0 Å². The lowest BCUT2D eigenvalue weighted by molar-refractivity contribution is -0.142. The first-order valence-electron chi connectivity index (χ1n) is 6.48. The predicted octanol–water partition coefficient (Wildman–Crippen LogP) is 4.07. The molecule has 0 aliphatic carbocycles. The summed E-state index contributed by atoms with van der Waals surface area (Å²) in [5, 5.41) is 9.36. The Bertz CT molecular complexity index is 332. The van der Waals surface area contributed by atoms with Gasteiger partial charge in [0.1, 0.15) is 0 Å². The lowest BCUT2D eigenvalue weighted by atomic mass is 9.81. The van der Waals surface area contributed by atoms with Gasteiger partial charge < -0.3 is 5.11 Å². The summed E-state index contributed by atoms with van der Waals surface area (Å²) in [4.78, 5) is 11.4. The Morgan fingerprint density at radius 3 is 2.35 bits per heavy atom. The molecule has 0 radical (unpaired) electrons. The van der Waals surface area contributed by atoms with E-state index in [1.54, 1.807) is 0 Å². The SMILES string of the molecule is CCCCC(C(=O)O)C(CC)c1ccccc1. The summed E-state index contributed by atoms with van der Waals surface area (Å²) >= 11 is 0. The lowest BCUT2D eigenvalue weighted by Gasteiger charge is -2.23. The van der Waals surface area contributed by atoms with Crippen LogP contribution in [0.3, 0.4) is 0 Å². The fourth-order valence-electron chi connectivity index (χ4n) is 2.37. The summed E-state index contributed by atoms with van der Waals surface area (Å²) in [5.41, 5.74) is 1.15. The van der Waals surface area contributed by atoms with Crippen LogP contribution in [0.4, 0.5) is 0 Å². The Hall–Kier alpha value is -1.31. The van der Waals surface area contributed by atoms with Gasteiger partial charge in [0.05, 0.1) is 5.92 Å². The Kier molecular flexibility index (Phi) is 5.75. The smallest absolute Gasteiger partial charge is 0.307 e. The number of hydrogen-bond acceptors (Lipinski definition) is 1. The zero-order valence-electron chi connectivity index (χ0n) is 10.7. The van der Waals surface area contributed by atoms with Crippen molar-refractivity contribution in [3.63, 3.8) is 0 Å². The largest absolute Gasteiger partial charge is 0.481 e. The van der Waals surface area contributed by atoms with Crippen molar-refractivity contribution < 1.29 is 9.90 Å². The molecule has 94 valence electrons. The number of carbonyl (C=O) groups is 1. The molecule has 2 nitrogen and oxygen atoms in total. The number of rotatable bonds is 7. The molecule has 17 heavy (non-hydrogen) atoms. The molecule has 0 amide bonds. The van der Waals surface area contributed by atoms with Crippen LogP contribution < -0.4 is 0 Å². The molecule has 0 spiro atoms. The first kappa shape index (κ1) is 13.8. The lowest BCUT2D eigenvalue weighted by Crippen LogP contribution is -2.21. The molecule has 2 heteroatoms. The molecule has 0 fully saturated rings. The van der Waals surface area contributed by atoms with E-state index in [1.165, 1.54) is 0 Å². The number of carboxylic acid groups (broad SMARTS) is 1. The Morgan fingerprint density at radius 1 is 1.24 bits per heavy atom. The van der Waals surface area contributed by atoms with Gasteiger partial charge in [-0.1, -0.05) is 57.0 Å². The van der Waals surface area contributed by atoms with Crippen molar-refractivity contribution in [2.24, 2.45) is 5.92 Å². The van der Waals surface area contributed by atoms with E-state index in [-0.39, 0.29) is 11.8 Å². The summed E-state index contributed by atoms with van der Waals surface area (Å²) < 4.78 is 0. The minimum atomic E-state index is -0.658. The van der Waals surface area contributed by atoms with Crippen LogP contribution in [0.15, 0.2) is 30.3 Å². The molecule has 1 aromatic carbocycles. The van der Waals surface area contributed by atoms with Crippen molar-refractivity contribution in [2.45, 2.75) is 45.4 Å². The third-order valence-electron chi connectivity index (χ3n) is 3.34. The molecule has 0 bridgehead atoms. The van der Waals surface area contributed by atoms with E-state index in [1.807, 2.05) is 30.3 Å². The van der Waals surface area contributed by atoms with Crippen molar-refractivity contribution in [3.05, 3.63) is 35.9 Å². The maximum Gasteiger partial charge on any atom is 0.307 e. The third kappa shape index (κ3) is 3.88. The van der Waals surface area contributed by atoms with Gasteiger partial charge in [0, 0.05) is 0 Å². The molecule has 1 rings (SSSR count). The molecular formula is C15H22O2. The molecule has 1 aromatic rings. The maximum atomic E-state index is 11.4. The topological polar surface area (TPSA) is 37.3 Å². The zero-order valence-corrected chi connectivity index (χ0v) is 10.7. The number of carboxylic acids is 1. The van der Waals surface area contributed by atoms with E-state index < -0.39 is 5.97 Å². The van der Waals surface area contributed by atoms with Gasteiger partial charge in [-0.25, -0.2) is 0 Å². The first-order chi connectivity index (χ1) is 8.20. The fourth-order valence-corrected chi connectivity index (χ4v) is 2.37. The van der Waals surface area contributed by atoms with Crippen molar-refractivity contribution >= 4 is 5.97 Å². The van der Waals surface area contributed by atoms with E-state index in [9.17, 15) is 9.90 Å². The van der Waals surface area contributed by atoms with Crippen LogP contribution >= 0.6 is 0 Å². The van der Waals surface area contributed by atoms with Gasteiger partial charge >= 0.3 is 5.97 Å². The average Bonchev–Trinajstić information content (AvgIpc) is 2.35. The highest BCUT2D eigenvalue weighted by atomic mass is 16.4. The predicted molar refractivity (Wildman–Crippen MR) is 70.1 cm³/mol.